The summed E-state index contributed by atoms with van der Waals surface area (Å²) in [5.74, 6) is 1.48. The molecule has 1 heterocycles. The van der Waals surface area contributed by atoms with Gasteiger partial charge in [-0.3, -0.25) is 0 Å². The lowest BCUT2D eigenvalue weighted by Crippen LogP contribution is -2.37. The van der Waals surface area contributed by atoms with E-state index >= 15 is 0 Å². The molecule has 0 radical (unpaired) electrons. The lowest BCUT2D eigenvalue weighted by Gasteiger charge is -2.07. The second kappa shape index (κ2) is 17.0. The van der Waals surface area contributed by atoms with Crippen LogP contribution in [0.2, 0.25) is 0 Å². The van der Waals surface area contributed by atoms with Crippen LogP contribution in [0.3, 0.4) is 0 Å². The number of hydrogen-bond donors (Lipinski definition) is 0. The summed E-state index contributed by atoms with van der Waals surface area (Å²) in [5.41, 5.74) is 1.42. The Morgan fingerprint density at radius 1 is 0.645 bits per heavy atom. The molecule has 0 fully saturated rings. The summed E-state index contributed by atoms with van der Waals surface area (Å²) in [6.07, 6.45) is 26.5. The molecule has 2 rings (SSSR count). The van der Waals surface area contributed by atoms with E-state index in [1.54, 1.807) is 0 Å². The van der Waals surface area contributed by atoms with E-state index in [0.717, 1.165) is 13.0 Å². The van der Waals surface area contributed by atoms with Crippen molar-refractivity contribution in [1.82, 2.24) is 4.57 Å². The number of rotatable bonds is 19. The Balaban J connectivity index is 1.77. The minimum Gasteiger partial charge on any atom is -0.234 e. The third-order valence-corrected chi connectivity index (χ3v) is 6.55. The van der Waals surface area contributed by atoms with Gasteiger partial charge >= 0.3 is 0 Å². The number of unbranched alkanes of at least 4 members (excludes halogenated alkanes) is 13. The minimum absolute atomic E-state index is 1.04. The highest BCUT2D eigenvalue weighted by molar-refractivity contribution is 5.18. The van der Waals surface area contributed by atoms with Gasteiger partial charge in [0.2, 0.25) is 0 Å². The zero-order chi connectivity index (χ0) is 22.0. The number of aromatic nitrogens is 2. The van der Waals surface area contributed by atoms with Crippen LogP contribution in [0, 0.1) is 0 Å². The Bertz CT molecular complexity index is 659. The fraction of sp³-hybridized carbons (Fsp3) is 0.690. The zero-order valence-corrected chi connectivity index (χ0v) is 20.7. The molecule has 0 saturated carbocycles. The Kier molecular flexibility index (Phi) is 14.1. The molecule has 0 N–H and O–H groups in total. The van der Waals surface area contributed by atoms with Crippen molar-refractivity contribution in [3.63, 3.8) is 0 Å². The van der Waals surface area contributed by atoms with Crippen LogP contribution in [0.5, 0.6) is 0 Å². The molecule has 2 nitrogen and oxygen atoms in total. The first kappa shape index (κ1) is 25.7. The quantitative estimate of drug-likeness (QED) is 0.158. The van der Waals surface area contributed by atoms with E-state index in [2.05, 4.69) is 65.7 Å². The molecule has 1 aromatic carbocycles. The maximum atomic E-state index is 2.53. The first-order valence-corrected chi connectivity index (χ1v) is 13.5. The fourth-order valence-corrected chi connectivity index (χ4v) is 4.54. The van der Waals surface area contributed by atoms with Gasteiger partial charge in [0.25, 0.3) is 5.82 Å². The molecule has 0 aliphatic heterocycles. The van der Waals surface area contributed by atoms with E-state index in [0.29, 0.717) is 0 Å². The summed E-state index contributed by atoms with van der Waals surface area (Å²) in [4.78, 5) is 0. The lowest BCUT2D eigenvalue weighted by atomic mass is 10.1. The molecular formula is C29H49N2+. The van der Waals surface area contributed by atoms with E-state index in [-0.39, 0.29) is 0 Å². The Hall–Kier alpha value is -1.57. The summed E-state index contributed by atoms with van der Waals surface area (Å²) >= 11 is 0. The van der Waals surface area contributed by atoms with Gasteiger partial charge in [-0.1, -0.05) is 115 Å². The molecule has 2 aromatic rings. The molecule has 174 valence electrons. The first-order valence-electron chi connectivity index (χ1n) is 13.5. The average molecular weight is 426 g/mol. The van der Waals surface area contributed by atoms with Crippen molar-refractivity contribution in [1.29, 1.82) is 0 Å². The van der Waals surface area contributed by atoms with Crippen LogP contribution in [-0.2, 0) is 19.5 Å². The van der Waals surface area contributed by atoms with Gasteiger partial charge in [0.15, 0.2) is 0 Å². The lowest BCUT2D eigenvalue weighted by molar-refractivity contribution is -0.703. The number of hydrogen-bond acceptors (Lipinski definition) is 0. The van der Waals surface area contributed by atoms with E-state index < -0.39 is 0 Å². The highest BCUT2D eigenvalue weighted by atomic mass is 15.1. The molecule has 1 aromatic heterocycles. The van der Waals surface area contributed by atoms with Gasteiger partial charge in [0.05, 0.1) is 19.5 Å². The second-order valence-corrected chi connectivity index (χ2v) is 9.36. The molecule has 0 unspecified atom stereocenters. The normalized spacial score (nSPS) is 11.3. The number of benzene rings is 1. The molecule has 2 heteroatoms. The number of aryl methyl sites for hydroxylation is 2. The van der Waals surface area contributed by atoms with Gasteiger partial charge < -0.3 is 0 Å². The van der Waals surface area contributed by atoms with E-state index in [9.17, 15) is 0 Å². The molecule has 31 heavy (non-hydrogen) atoms. The van der Waals surface area contributed by atoms with Crippen molar-refractivity contribution in [2.45, 2.75) is 130 Å². The predicted molar refractivity (Wildman–Crippen MR) is 134 cm³/mol. The molecule has 0 atom stereocenters. The van der Waals surface area contributed by atoms with E-state index in [1.807, 2.05) is 0 Å². The molecule has 0 spiro atoms. The van der Waals surface area contributed by atoms with Crippen LogP contribution in [0.15, 0.2) is 42.7 Å². The van der Waals surface area contributed by atoms with Gasteiger partial charge in [-0.2, -0.15) is 0 Å². The summed E-state index contributed by atoms with van der Waals surface area (Å²) in [5, 5.41) is 0. The van der Waals surface area contributed by atoms with Crippen LogP contribution >= 0.6 is 0 Å². The van der Waals surface area contributed by atoms with Gasteiger partial charge in [0, 0.05) is 0 Å². The van der Waals surface area contributed by atoms with Gasteiger partial charge in [-0.05, 0) is 31.2 Å². The summed E-state index contributed by atoms with van der Waals surface area (Å²) in [7, 11) is 0. The van der Waals surface area contributed by atoms with Crippen molar-refractivity contribution in [3.05, 3.63) is 54.1 Å². The van der Waals surface area contributed by atoms with Crippen LogP contribution in [-0.4, -0.2) is 4.57 Å². The maximum Gasteiger partial charge on any atom is 0.260 e. The fourth-order valence-electron chi connectivity index (χ4n) is 4.54. The molecule has 0 saturated heterocycles. The third-order valence-electron chi connectivity index (χ3n) is 6.55. The van der Waals surface area contributed by atoms with Crippen molar-refractivity contribution < 1.29 is 4.57 Å². The first-order chi connectivity index (χ1) is 15.3. The summed E-state index contributed by atoms with van der Waals surface area (Å²) < 4.78 is 5.05. The van der Waals surface area contributed by atoms with Gasteiger partial charge in [0.1, 0.15) is 12.4 Å². The van der Waals surface area contributed by atoms with E-state index in [4.69, 9.17) is 0 Å². The molecule has 0 aliphatic rings. The Morgan fingerprint density at radius 3 is 1.81 bits per heavy atom. The van der Waals surface area contributed by atoms with Gasteiger partial charge in [-0.25, -0.2) is 9.13 Å². The van der Waals surface area contributed by atoms with Crippen LogP contribution in [0.4, 0.5) is 0 Å². The number of nitrogens with zero attached hydrogens (tertiary/aromatic N) is 2. The Morgan fingerprint density at radius 2 is 1.19 bits per heavy atom. The average Bonchev–Trinajstić information content (AvgIpc) is 3.17. The molecular weight excluding hydrogens is 376 g/mol. The van der Waals surface area contributed by atoms with Gasteiger partial charge in [-0.15, -0.1) is 0 Å². The van der Waals surface area contributed by atoms with Crippen molar-refractivity contribution in [2.24, 2.45) is 0 Å². The topological polar surface area (TPSA) is 8.81 Å². The van der Waals surface area contributed by atoms with Crippen molar-refractivity contribution >= 4 is 0 Å². The van der Waals surface area contributed by atoms with Crippen LogP contribution in [0.25, 0.3) is 0 Å². The third kappa shape index (κ3) is 11.0. The Labute approximate surface area is 193 Å². The van der Waals surface area contributed by atoms with Crippen molar-refractivity contribution in [2.75, 3.05) is 0 Å². The number of imidazole rings is 1. The van der Waals surface area contributed by atoms with Crippen LogP contribution in [0.1, 0.15) is 122 Å². The van der Waals surface area contributed by atoms with E-state index in [1.165, 1.54) is 114 Å². The summed E-state index contributed by atoms with van der Waals surface area (Å²) in [6.45, 7) is 6.92. The summed E-state index contributed by atoms with van der Waals surface area (Å²) in [6, 6.07) is 11.0. The largest absolute Gasteiger partial charge is 0.260 e. The SMILES string of the molecule is CCCCCCCCCCCC[n+]1ccn(CCCCCCC)c1Cc1ccccc1. The molecule has 0 aliphatic carbocycles. The zero-order valence-electron chi connectivity index (χ0n) is 20.7. The molecule has 0 amide bonds. The highest BCUT2D eigenvalue weighted by Crippen LogP contribution is 2.12. The predicted octanol–water partition coefficient (Wildman–Crippen LogP) is 8.26. The standard InChI is InChI=1S/C29H49N2/c1-3-5-7-9-10-11-12-13-15-20-24-31-26-25-30(23-19-14-8-6-4-2)29(31)27-28-21-17-16-18-22-28/h16-18,21-22,25-26H,3-15,19-20,23-24,27H2,1-2H3/q+1. The second-order valence-electron chi connectivity index (χ2n) is 9.36. The molecule has 0 bridgehead atoms. The van der Waals surface area contributed by atoms with Crippen LogP contribution < -0.4 is 4.57 Å². The monoisotopic (exact) mass is 425 g/mol. The highest BCUT2D eigenvalue weighted by Gasteiger charge is 2.17. The minimum atomic E-state index is 1.04. The van der Waals surface area contributed by atoms with Crippen molar-refractivity contribution in [3.8, 4) is 0 Å². The maximum absolute atomic E-state index is 2.53. The smallest absolute Gasteiger partial charge is 0.234 e.